The third kappa shape index (κ3) is 1.80. The van der Waals surface area contributed by atoms with Crippen LogP contribution in [-0.2, 0) is 9.47 Å². The molecule has 0 unspecified atom stereocenters. The van der Waals surface area contributed by atoms with Crippen molar-refractivity contribution in [2.45, 2.75) is 24.9 Å². The van der Waals surface area contributed by atoms with E-state index in [9.17, 15) is 0 Å². The maximum atomic E-state index is 5.57. The van der Waals surface area contributed by atoms with Crippen molar-refractivity contribution >= 4 is 9.52 Å². The molecule has 0 fully saturated rings. The van der Waals surface area contributed by atoms with Crippen molar-refractivity contribution in [2.24, 2.45) is 0 Å². The molecule has 2 heterocycles. The normalized spacial score (nSPS) is 21.1. The summed E-state index contributed by atoms with van der Waals surface area (Å²) >= 11 is 0. The van der Waals surface area contributed by atoms with E-state index in [-0.39, 0.29) is 0 Å². The van der Waals surface area contributed by atoms with Crippen LogP contribution in [0.1, 0.15) is 12.8 Å². The molecule has 2 aliphatic heterocycles. The summed E-state index contributed by atoms with van der Waals surface area (Å²) < 4.78 is 11.1. The monoisotopic (exact) mass is 194 g/mol. The summed E-state index contributed by atoms with van der Waals surface area (Å²) in [6, 6.07) is 0. The minimum absolute atomic E-state index is 0.407. The van der Waals surface area contributed by atoms with Crippen LogP contribution in [0.2, 0.25) is 12.1 Å². The van der Waals surface area contributed by atoms with Crippen LogP contribution in [0.15, 0.2) is 23.7 Å². The minimum Gasteiger partial charge on any atom is -0.498 e. The molecule has 0 aromatic heterocycles. The van der Waals surface area contributed by atoms with Crippen LogP contribution >= 0.6 is 0 Å². The number of hydrogen-bond acceptors (Lipinski definition) is 2. The molecule has 0 saturated carbocycles. The highest BCUT2D eigenvalue weighted by molar-refractivity contribution is 6.38. The first-order chi connectivity index (χ1) is 6.42. The van der Waals surface area contributed by atoms with Gasteiger partial charge in [0.05, 0.1) is 39.8 Å². The molecule has 0 aromatic rings. The van der Waals surface area contributed by atoms with Gasteiger partial charge in [0.25, 0.3) is 0 Å². The van der Waals surface area contributed by atoms with Crippen molar-refractivity contribution in [3.8, 4) is 0 Å². The molecule has 3 heteroatoms. The van der Waals surface area contributed by atoms with E-state index in [0.717, 1.165) is 47.1 Å². The fraction of sp³-hybridized carbons (Fsp3) is 0.600. The number of hydrogen-bond donors (Lipinski definition) is 0. The van der Waals surface area contributed by atoms with Crippen LogP contribution < -0.4 is 0 Å². The summed E-state index contributed by atoms with van der Waals surface area (Å²) in [5.41, 5.74) is 0.407. The quantitative estimate of drug-likeness (QED) is 0.641. The summed E-state index contributed by atoms with van der Waals surface area (Å²) in [5, 5.41) is 0. The number of ether oxygens (including phenoxy) is 2. The van der Waals surface area contributed by atoms with Gasteiger partial charge in [-0.3, -0.25) is 0 Å². The Kier molecular flexibility index (Phi) is 2.73. The van der Waals surface area contributed by atoms with Gasteiger partial charge in [-0.1, -0.05) is 6.55 Å². The van der Waals surface area contributed by atoms with E-state index >= 15 is 0 Å². The lowest BCUT2D eigenvalue weighted by molar-refractivity contribution is 0.201. The van der Waals surface area contributed by atoms with Gasteiger partial charge >= 0.3 is 0 Å². The van der Waals surface area contributed by atoms with E-state index in [1.807, 2.05) is 0 Å². The van der Waals surface area contributed by atoms with Crippen molar-refractivity contribution < 1.29 is 9.47 Å². The molecule has 0 amide bonds. The summed E-state index contributed by atoms with van der Waals surface area (Å²) in [7, 11) is 0.830. The molecule has 70 valence electrons. The summed E-state index contributed by atoms with van der Waals surface area (Å²) in [5.74, 6) is 2.27. The Balaban J connectivity index is 2.07. The van der Waals surface area contributed by atoms with Gasteiger partial charge in [-0.25, -0.2) is 0 Å². The van der Waals surface area contributed by atoms with Crippen molar-refractivity contribution in [1.29, 1.82) is 0 Å². The first kappa shape index (κ1) is 8.88. The summed E-state index contributed by atoms with van der Waals surface area (Å²) in [6.07, 6.45) is 6.51. The third-order valence-corrected chi connectivity index (χ3v) is 3.47. The maximum Gasteiger partial charge on any atom is 0.0994 e. The van der Waals surface area contributed by atoms with Crippen molar-refractivity contribution in [1.82, 2.24) is 0 Å². The van der Waals surface area contributed by atoms with E-state index < -0.39 is 0 Å². The molecule has 0 aromatic carbocycles. The molecular formula is C10H14O2Si. The number of rotatable bonds is 3. The van der Waals surface area contributed by atoms with E-state index in [2.05, 4.69) is 18.7 Å². The minimum atomic E-state index is 0.407. The lowest BCUT2D eigenvalue weighted by atomic mass is 10.2. The second-order valence-corrected chi connectivity index (χ2v) is 4.36. The molecule has 0 atom stereocenters. The first-order valence-electron chi connectivity index (χ1n) is 4.75. The highest BCUT2D eigenvalue weighted by Gasteiger charge is 2.24. The topological polar surface area (TPSA) is 18.5 Å². The fourth-order valence-corrected chi connectivity index (χ4v) is 2.67. The zero-order valence-corrected chi connectivity index (χ0v) is 8.88. The second kappa shape index (κ2) is 4.00. The fourth-order valence-electron chi connectivity index (χ4n) is 1.70. The predicted molar refractivity (Wildman–Crippen MR) is 52.7 cm³/mol. The van der Waals surface area contributed by atoms with E-state index in [1.54, 1.807) is 0 Å². The van der Waals surface area contributed by atoms with Gasteiger partial charge in [-0.15, -0.1) is 0 Å². The van der Waals surface area contributed by atoms with Gasteiger partial charge in [0.2, 0.25) is 0 Å². The lowest BCUT2D eigenvalue weighted by Crippen LogP contribution is -2.08. The predicted octanol–water partition coefficient (Wildman–Crippen LogP) is 2.14. The largest absolute Gasteiger partial charge is 0.498 e. The SMILES string of the molecule is C[Si]C(C1=CCCO1)C1=CCCO1. The van der Waals surface area contributed by atoms with Crippen LogP contribution in [0.3, 0.4) is 0 Å². The zero-order chi connectivity index (χ0) is 9.10. The van der Waals surface area contributed by atoms with Gasteiger partial charge < -0.3 is 9.47 Å². The van der Waals surface area contributed by atoms with Crippen LogP contribution in [-0.4, -0.2) is 22.7 Å². The van der Waals surface area contributed by atoms with Crippen LogP contribution in [0.5, 0.6) is 0 Å². The maximum absolute atomic E-state index is 5.57. The molecular weight excluding hydrogens is 180 g/mol. The average Bonchev–Trinajstić information content (AvgIpc) is 2.76. The zero-order valence-electron chi connectivity index (χ0n) is 7.88. The Morgan fingerprint density at radius 3 is 2.00 bits per heavy atom. The van der Waals surface area contributed by atoms with Crippen LogP contribution in [0.25, 0.3) is 0 Å². The van der Waals surface area contributed by atoms with Gasteiger partial charge in [-0.05, 0) is 12.2 Å². The van der Waals surface area contributed by atoms with Gasteiger partial charge in [0.1, 0.15) is 0 Å². The highest BCUT2D eigenvalue weighted by atomic mass is 28.2. The second-order valence-electron chi connectivity index (χ2n) is 3.21. The molecule has 2 radical (unpaired) electrons. The summed E-state index contributed by atoms with van der Waals surface area (Å²) in [6.45, 7) is 3.91. The Labute approximate surface area is 81.4 Å². The Morgan fingerprint density at radius 2 is 1.69 bits per heavy atom. The Morgan fingerprint density at radius 1 is 1.15 bits per heavy atom. The summed E-state index contributed by atoms with van der Waals surface area (Å²) in [4.78, 5) is 0. The van der Waals surface area contributed by atoms with E-state index in [0.29, 0.717) is 5.54 Å². The van der Waals surface area contributed by atoms with Gasteiger partial charge in [0.15, 0.2) is 0 Å². The molecule has 2 rings (SSSR count). The smallest absolute Gasteiger partial charge is 0.0994 e. The van der Waals surface area contributed by atoms with Crippen molar-refractivity contribution in [2.75, 3.05) is 13.2 Å². The van der Waals surface area contributed by atoms with Gasteiger partial charge in [0, 0.05) is 12.8 Å². The molecule has 0 bridgehead atoms. The molecule has 0 aliphatic carbocycles. The molecule has 0 spiro atoms. The van der Waals surface area contributed by atoms with Gasteiger partial charge in [-0.2, -0.15) is 0 Å². The van der Waals surface area contributed by atoms with Crippen LogP contribution in [0, 0.1) is 0 Å². The van der Waals surface area contributed by atoms with Crippen molar-refractivity contribution in [3.05, 3.63) is 23.7 Å². The molecule has 0 N–H and O–H groups in total. The van der Waals surface area contributed by atoms with E-state index in [4.69, 9.17) is 9.47 Å². The highest BCUT2D eigenvalue weighted by Crippen LogP contribution is 2.33. The first-order valence-corrected chi connectivity index (χ1v) is 6.32. The molecule has 2 aliphatic rings. The molecule has 2 nitrogen and oxygen atoms in total. The van der Waals surface area contributed by atoms with Crippen LogP contribution in [0.4, 0.5) is 0 Å². The van der Waals surface area contributed by atoms with Crippen molar-refractivity contribution in [3.63, 3.8) is 0 Å². The third-order valence-electron chi connectivity index (χ3n) is 2.32. The Hall–Kier alpha value is -0.703. The lowest BCUT2D eigenvalue weighted by Gasteiger charge is -2.16. The van der Waals surface area contributed by atoms with E-state index in [1.165, 1.54) is 0 Å². The molecule has 13 heavy (non-hydrogen) atoms. The standard InChI is InChI=1S/C10H14O2Si/c1-13-10(8-4-2-6-11-8)9-5-3-7-12-9/h4-5,10H,2-3,6-7H2,1H3. The molecule has 0 saturated heterocycles. The Bertz CT molecular complexity index is 221. The average molecular weight is 194 g/mol.